The number of fused-ring (bicyclic) bond motifs is 1. The maximum absolute atomic E-state index is 14.1. The van der Waals surface area contributed by atoms with E-state index in [-0.39, 0.29) is 23.5 Å². The lowest BCUT2D eigenvalue weighted by atomic mass is 9.93. The van der Waals surface area contributed by atoms with Crippen molar-refractivity contribution in [1.29, 1.82) is 0 Å². The predicted molar refractivity (Wildman–Crippen MR) is 168 cm³/mol. The first kappa shape index (κ1) is 29.4. The summed E-state index contributed by atoms with van der Waals surface area (Å²) in [5.74, 6) is 0.697. The van der Waals surface area contributed by atoms with Crippen molar-refractivity contribution >= 4 is 51.7 Å². The molecule has 0 fully saturated rings. The molecule has 42 heavy (non-hydrogen) atoms. The molecule has 1 aliphatic heterocycles. The van der Waals surface area contributed by atoms with Crippen molar-refractivity contribution in [3.63, 3.8) is 0 Å². The Morgan fingerprint density at radius 2 is 1.74 bits per heavy atom. The van der Waals surface area contributed by atoms with Crippen LogP contribution in [0.3, 0.4) is 0 Å². The number of phenolic OH excluding ortho intramolecular Hbond substituents is 1. The largest absolute Gasteiger partial charge is 0.504 e. The third kappa shape index (κ3) is 5.41. The number of thiazole rings is 1. The lowest BCUT2D eigenvalue weighted by Crippen LogP contribution is -2.40. The number of carbonyl (C=O) groups is 1. The van der Waals surface area contributed by atoms with Crippen molar-refractivity contribution in [2.75, 3.05) is 27.9 Å². The number of phenols is 1. The number of ether oxygens (including phenoxy) is 4. The average Bonchev–Trinajstić information content (AvgIpc) is 3.32. The van der Waals surface area contributed by atoms with Gasteiger partial charge in [-0.05, 0) is 71.0 Å². The van der Waals surface area contributed by atoms with E-state index in [0.717, 1.165) is 0 Å². The maximum atomic E-state index is 14.1. The van der Waals surface area contributed by atoms with E-state index in [0.29, 0.717) is 52.5 Å². The number of hydrogen-bond donors (Lipinski definition) is 1. The number of hydrogen-bond acceptors (Lipinski definition) is 9. The van der Waals surface area contributed by atoms with E-state index in [2.05, 4.69) is 0 Å². The molecule has 216 valence electrons. The van der Waals surface area contributed by atoms with Crippen LogP contribution >= 0.6 is 33.9 Å². The minimum atomic E-state index is -0.869. The summed E-state index contributed by atoms with van der Waals surface area (Å²) in [6.45, 7) is 1.88. The topological polar surface area (TPSA) is 109 Å². The van der Waals surface area contributed by atoms with Gasteiger partial charge in [0, 0.05) is 5.56 Å². The van der Waals surface area contributed by atoms with Gasteiger partial charge in [-0.2, -0.15) is 0 Å². The zero-order valence-corrected chi connectivity index (χ0v) is 26.2. The van der Waals surface area contributed by atoms with E-state index in [1.54, 1.807) is 43.3 Å². The molecule has 0 saturated heterocycles. The number of esters is 1. The molecule has 5 rings (SSSR count). The van der Waals surface area contributed by atoms with E-state index in [1.807, 2.05) is 52.9 Å². The van der Waals surface area contributed by atoms with Gasteiger partial charge in [0.05, 0.1) is 53.4 Å². The van der Waals surface area contributed by atoms with Crippen LogP contribution in [0.15, 0.2) is 76.0 Å². The predicted octanol–water partition coefficient (Wildman–Crippen LogP) is 4.27. The molecular weight excluding hydrogens is 671 g/mol. The molecule has 0 aliphatic carbocycles. The molecule has 2 heterocycles. The molecule has 0 unspecified atom stereocenters. The monoisotopic (exact) mass is 698 g/mol. The molecule has 1 N–H and O–H groups in total. The first-order valence-electron chi connectivity index (χ1n) is 12.9. The van der Waals surface area contributed by atoms with Gasteiger partial charge in [0.15, 0.2) is 27.8 Å². The summed E-state index contributed by atoms with van der Waals surface area (Å²) in [7, 11) is 4.53. The molecule has 3 aromatic carbocycles. The van der Waals surface area contributed by atoms with Crippen LogP contribution in [0.4, 0.5) is 0 Å². The van der Waals surface area contributed by atoms with Gasteiger partial charge in [-0.15, -0.1) is 0 Å². The molecule has 11 heteroatoms. The highest BCUT2D eigenvalue weighted by Crippen LogP contribution is 2.38. The Bertz CT molecular complexity index is 1880. The summed E-state index contributed by atoms with van der Waals surface area (Å²) in [6, 6.07) is 17.2. The van der Waals surface area contributed by atoms with Crippen LogP contribution in [0.1, 0.15) is 29.7 Å². The number of carbonyl (C=O) groups excluding carboxylic acids is 1. The Labute approximate surface area is 259 Å². The van der Waals surface area contributed by atoms with E-state index in [1.165, 1.54) is 37.2 Å². The molecule has 0 spiro atoms. The first-order chi connectivity index (χ1) is 20.3. The summed E-state index contributed by atoms with van der Waals surface area (Å²) < 4.78 is 24.3. The normalized spacial score (nSPS) is 14.7. The molecule has 0 saturated carbocycles. The second-order valence-corrected chi connectivity index (χ2v) is 11.3. The van der Waals surface area contributed by atoms with Gasteiger partial charge < -0.3 is 24.1 Å². The van der Waals surface area contributed by atoms with Crippen molar-refractivity contribution in [1.82, 2.24) is 4.57 Å². The van der Waals surface area contributed by atoms with Gasteiger partial charge in [0.2, 0.25) is 0 Å². The zero-order chi connectivity index (χ0) is 30.0. The molecule has 0 bridgehead atoms. The van der Waals surface area contributed by atoms with Gasteiger partial charge in [-0.3, -0.25) is 9.36 Å². The van der Waals surface area contributed by atoms with Crippen LogP contribution in [0, 0.1) is 3.57 Å². The number of halogens is 1. The van der Waals surface area contributed by atoms with Crippen molar-refractivity contribution < 1.29 is 28.8 Å². The van der Waals surface area contributed by atoms with Crippen molar-refractivity contribution in [3.05, 3.63) is 106 Å². The van der Waals surface area contributed by atoms with E-state index >= 15 is 0 Å². The lowest BCUT2D eigenvalue weighted by molar-refractivity contribution is -0.138. The Morgan fingerprint density at radius 3 is 2.40 bits per heavy atom. The molecule has 4 aromatic rings. The van der Waals surface area contributed by atoms with Crippen LogP contribution in [0.5, 0.6) is 23.0 Å². The number of aromatic hydroxyl groups is 1. The van der Waals surface area contributed by atoms with Gasteiger partial charge in [0.25, 0.3) is 5.56 Å². The van der Waals surface area contributed by atoms with E-state index in [4.69, 9.17) is 23.9 Å². The Hall–Kier alpha value is -4.10. The van der Waals surface area contributed by atoms with E-state index in [9.17, 15) is 14.7 Å². The quantitative estimate of drug-likeness (QED) is 0.217. The number of nitrogens with zero attached hydrogens (tertiary/aromatic N) is 2. The second-order valence-electron chi connectivity index (χ2n) is 9.10. The van der Waals surface area contributed by atoms with Crippen LogP contribution in [0.2, 0.25) is 0 Å². The Kier molecular flexibility index (Phi) is 8.69. The van der Waals surface area contributed by atoms with Crippen molar-refractivity contribution in [2.45, 2.75) is 13.0 Å². The van der Waals surface area contributed by atoms with Crippen LogP contribution in [-0.2, 0) is 9.53 Å². The van der Waals surface area contributed by atoms with Gasteiger partial charge in [-0.25, -0.2) is 9.79 Å². The molecular formula is C31H27IN2O7S. The summed E-state index contributed by atoms with van der Waals surface area (Å²) in [6.07, 6.45) is 1.72. The fourth-order valence-corrected chi connectivity index (χ4v) is 6.39. The number of benzene rings is 3. The zero-order valence-electron chi connectivity index (χ0n) is 23.2. The Balaban J connectivity index is 1.84. The van der Waals surface area contributed by atoms with E-state index < -0.39 is 12.0 Å². The minimum absolute atomic E-state index is 0.0248. The van der Waals surface area contributed by atoms with Crippen molar-refractivity contribution in [2.24, 2.45) is 4.99 Å². The number of methoxy groups -OCH3 is 3. The highest BCUT2D eigenvalue weighted by molar-refractivity contribution is 14.1. The highest BCUT2D eigenvalue weighted by atomic mass is 127. The fraction of sp³-hybridized carbons (Fsp3) is 0.194. The van der Waals surface area contributed by atoms with Crippen LogP contribution in [0.25, 0.3) is 11.8 Å². The molecule has 9 nitrogen and oxygen atoms in total. The van der Waals surface area contributed by atoms with Gasteiger partial charge in [0.1, 0.15) is 0 Å². The van der Waals surface area contributed by atoms with Crippen LogP contribution < -0.4 is 29.1 Å². The van der Waals surface area contributed by atoms with Crippen LogP contribution in [-0.4, -0.2) is 43.6 Å². The molecule has 0 radical (unpaired) electrons. The molecule has 1 aliphatic rings. The second kappa shape index (κ2) is 12.4. The fourth-order valence-electron chi connectivity index (χ4n) is 4.76. The SMILES string of the molecule is CCOC(=O)C1=C(c2ccccc2)N=c2s/c(=C\c3cc(I)c(O)c(OC)c3)c(=O)n2[C@H]1c1ccc(OC)c(OC)c1. The van der Waals surface area contributed by atoms with Crippen molar-refractivity contribution in [3.8, 4) is 23.0 Å². The smallest absolute Gasteiger partial charge is 0.338 e. The average molecular weight is 699 g/mol. The van der Waals surface area contributed by atoms with Gasteiger partial charge in [-0.1, -0.05) is 47.7 Å². The van der Waals surface area contributed by atoms with Gasteiger partial charge >= 0.3 is 5.97 Å². The standard InChI is InChI=1S/C31H27IN2O7S/c1-5-41-30(37)25-26(18-9-7-6-8-10-18)33-31-34(27(25)19-11-12-21(38-2)22(16-19)39-3)29(36)24(42-31)15-17-13-20(32)28(35)23(14-17)40-4/h6-16,27,35H,5H2,1-4H3/b24-15-/t27-/m0/s1. The first-order valence-corrected chi connectivity index (χ1v) is 14.8. The Morgan fingerprint density at radius 1 is 1.02 bits per heavy atom. The number of aromatic nitrogens is 1. The molecule has 1 atom stereocenters. The third-order valence-electron chi connectivity index (χ3n) is 6.67. The summed E-state index contributed by atoms with van der Waals surface area (Å²) in [5.41, 5.74) is 2.30. The highest BCUT2D eigenvalue weighted by Gasteiger charge is 2.35. The molecule has 1 aromatic heterocycles. The maximum Gasteiger partial charge on any atom is 0.338 e. The number of rotatable bonds is 8. The minimum Gasteiger partial charge on any atom is -0.504 e. The summed E-state index contributed by atoms with van der Waals surface area (Å²) >= 11 is 3.21. The summed E-state index contributed by atoms with van der Waals surface area (Å²) in [5, 5.41) is 10.3. The lowest BCUT2D eigenvalue weighted by Gasteiger charge is -2.26. The third-order valence-corrected chi connectivity index (χ3v) is 8.47. The molecule has 0 amide bonds. The summed E-state index contributed by atoms with van der Waals surface area (Å²) in [4.78, 5) is 33.0.